The number of Topliss-reactive ketones (excluding diaryl/α,β-unsaturated/α-hetero) is 1. The molecule has 0 aliphatic heterocycles. The van der Waals surface area contributed by atoms with Gasteiger partial charge in [0.15, 0.2) is 5.78 Å². The molecule has 0 bridgehead atoms. The van der Waals surface area contributed by atoms with E-state index in [1.807, 2.05) is 29.8 Å². The van der Waals surface area contributed by atoms with Gasteiger partial charge in [-0.15, -0.1) is 0 Å². The van der Waals surface area contributed by atoms with Crippen molar-refractivity contribution >= 4 is 28.4 Å². The van der Waals surface area contributed by atoms with Crippen molar-refractivity contribution in [3.63, 3.8) is 0 Å². The number of aryl methyl sites for hydroxylation is 2. The Labute approximate surface area is 145 Å². The van der Waals surface area contributed by atoms with Crippen LogP contribution in [0, 0.1) is 5.41 Å². The van der Waals surface area contributed by atoms with Crippen LogP contribution in [0.15, 0.2) is 53.1 Å². The zero-order valence-electron chi connectivity index (χ0n) is 13.8. The van der Waals surface area contributed by atoms with Crippen molar-refractivity contribution < 1.29 is 4.79 Å². The van der Waals surface area contributed by atoms with Crippen molar-refractivity contribution in [1.29, 1.82) is 5.41 Å². The largest absolute Gasteiger partial charge is 0.313 e. The van der Waals surface area contributed by atoms with Crippen LogP contribution in [0.4, 0.5) is 0 Å². The lowest BCUT2D eigenvalue weighted by Crippen LogP contribution is -2.26. The smallest absolute Gasteiger partial charge is 0.203 e. The highest BCUT2D eigenvalue weighted by Gasteiger charge is 2.15. The first-order chi connectivity index (χ1) is 11.5. The maximum atomic E-state index is 12.7. The molecule has 1 aliphatic rings. The molecule has 1 N–H and O–H groups in total. The normalized spacial score (nSPS) is 14.5. The Morgan fingerprint density at radius 2 is 2.12 bits per heavy atom. The summed E-state index contributed by atoms with van der Waals surface area (Å²) >= 11 is 6.01. The van der Waals surface area contributed by atoms with Crippen LogP contribution in [0.1, 0.15) is 18.9 Å². The molecule has 2 aromatic rings. The van der Waals surface area contributed by atoms with E-state index < -0.39 is 0 Å². The van der Waals surface area contributed by atoms with Crippen molar-refractivity contribution in [3.05, 3.63) is 64.3 Å². The Morgan fingerprint density at radius 3 is 2.88 bits per heavy atom. The summed E-state index contributed by atoms with van der Waals surface area (Å²) in [5.41, 5.74) is 4.05. The standard InChI is InChI=1S/C19H20ClN3O/c1-3-13-6-5-9-16-18(13)22(2)19(21)23(16)12-17(24)14-7-4-8-15(20)11-10-14/h4-7,9-11,21H,3,8,12H2,1-2H3. The summed E-state index contributed by atoms with van der Waals surface area (Å²) in [7, 11) is 1.87. The molecule has 3 rings (SSSR count). The number of benzene rings is 1. The van der Waals surface area contributed by atoms with Crippen LogP contribution in [0.2, 0.25) is 0 Å². The van der Waals surface area contributed by atoms with E-state index in [1.54, 1.807) is 22.8 Å². The summed E-state index contributed by atoms with van der Waals surface area (Å²) in [5.74, 6) is -0.0261. The van der Waals surface area contributed by atoms with Crippen LogP contribution >= 0.6 is 11.6 Å². The quantitative estimate of drug-likeness (QED) is 0.907. The molecule has 0 atom stereocenters. The molecule has 0 unspecified atom stereocenters. The van der Waals surface area contributed by atoms with E-state index in [-0.39, 0.29) is 12.3 Å². The molecular weight excluding hydrogens is 322 g/mol. The van der Waals surface area contributed by atoms with Crippen LogP contribution in [-0.4, -0.2) is 14.9 Å². The molecule has 24 heavy (non-hydrogen) atoms. The molecular formula is C19H20ClN3O. The van der Waals surface area contributed by atoms with Crippen molar-refractivity contribution in [2.24, 2.45) is 7.05 Å². The minimum absolute atomic E-state index is 0.0261. The van der Waals surface area contributed by atoms with Gasteiger partial charge in [0.2, 0.25) is 5.62 Å². The fourth-order valence-corrected chi connectivity index (χ4v) is 3.20. The van der Waals surface area contributed by atoms with Gasteiger partial charge in [0.05, 0.1) is 17.6 Å². The summed E-state index contributed by atoms with van der Waals surface area (Å²) in [6.07, 6.45) is 8.74. The molecule has 0 saturated carbocycles. The van der Waals surface area contributed by atoms with Crippen LogP contribution in [0.25, 0.3) is 11.0 Å². The first-order valence-corrected chi connectivity index (χ1v) is 8.38. The molecule has 124 valence electrons. The van der Waals surface area contributed by atoms with E-state index in [0.717, 1.165) is 17.5 Å². The lowest BCUT2D eigenvalue weighted by atomic mass is 10.1. The second kappa shape index (κ2) is 6.65. The Bertz CT molecular complexity index is 957. The van der Waals surface area contributed by atoms with Crippen molar-refractivity contribution in [1.82, 2.24) is 9.13 Å². The van der Waals surface area contributed by atoms with Gasteiger partial charge in [0.1, 0.15) is 0 Å². The number of hydrogen-bond acceptors (Lipinski definition) is 2. The molecule has 1 aromatic carbocycles. The monoisotopic (exact) mass is 341 g/mol. The van der Waals surface area contributed by atoms with Gasteiger partial charge in [-0.2, -0.15) is 0 Å². The van der Waals surface area contributed by atoms with E-state index in [1.165, 1.54) is 5.56 Å². The lowest BCUT2D eigenvalue weighted by Gasteiger charge is -2.05. The summed E-state index contributed by atoms with van der Waals surface area (Å²) in [6, 6.07) is 6.01. The molecule has 4 nitrogen and oxygen atoms in total. The number of carbonyl (C=O) groups excluding carboxylic acids is 1. The van der Waals surface area contributed by atoms with E-state index in [2.05, 4.69) is 13.0 Å². The molecule has 1 heterocycles. The molecule has 0 fully saturated rings. The third-order valence-corrected chi connectivity index (χ3v) is 4.64. The van der Waals surface area contributed by atoms with E-state index in [0.29, 0.717) is 22.6 Å². The van der Waals surface area contributed by atoms with Gasteiger partial charge in [-0.3, -0.25) is 10.2 Å². The highest BCUT2D eigenvalue weighted by molar-refractivity contribution is 6.29. The Balaban J connectivity index is 2.04. The van der Waals surface area contributed by atoms with Gasteiger partial charge >= 0.3 is 0 Å². The maximum absolute atomic E-state index is 12.7. The molecule has 5 heteroatoms. The van der Waals surface area contributed by atoms with Gasteiger partial charge in [-0.05, 0) is 24.1 Å². The summed E-state index contributed by atoms with van der Waals surface area (Å²) in [4.78, 5) is 12.7. The molecule has 1 aromatic heterocycles. The van der Waals surface area contributed by atoms with Gasteiger partial charge in [-0.25, -0.2) is 0 Å². The number of rotatable bonds is 4. The first-order valence-electron chi connectivity index (χ1n) is 8.00. The van der Waals surface area contributed by atoms with Crippen LogP contribution in [0.3, 0.4) is 0 Å². The highest BCUT2D eigenvalue weighted by atomic mass is 35.5. The van der Waals surface area contributed by atoms with E-state index in [9.17, 15) is 4.79 Å². The molecule has 0 amide bonds. The van der Waals surface area contributed by atoms with Crippen LogP contribution in [-0.2, 0) is 24.8 Å². The first kappa shape index (κ1) is 16.5. The number of para-hydroxylation sites is 1. The highest BCUT2D eigenvalue weighted by Crippen LogP contribution is 2.19. The molecule has 1 aliphatic carbocycles. The van der Waals surface area contributed by atoms with Crippen molar-refractivity contribution in [2.75, 3.05) is 0 Å². The minimum Gasteiger partial charge on any atom is -0.313 e. The number of carbonyl (C=O) groups is 1. The van der Waals surface area contributed by atoms with Gasteiger partial charge in [0.25, 0.3) is 0 Å². The summed E-state index contributed by atoms with van der Waals surface area (Å²) < 4.78 is 3.61. The van der Waals surface area contributed by atoms with Crippen molar-refractivity contribution in [3.8, 4) is 0 Å². The third kappa shape index (κ3) is 2.89. The van der Waals surface area contributed by atoms with Gasteiger partial charge < -0.3 is 9.13 Å². The number of nitrogens with zero attached hydrogens (tertiary/aromatic N) is 2. The average molecular weight is 342 g/mol. The average Bonchev–Trinajstić information content (AvgIpc) is 2.73. The Hall–Kier alpha value is -2.33. The Kier molecular flexibility index (Phi) is 4.58. The Morgan fingerprint density at radius 1 is 1.33 bits per heavy atom. The maximum Gasteiger partial charge on any atom is 0.203 e. The number of allylic oxidation sites excluding steroid dienone is 6. The van der Waals surface area contributed by atoms with Crippen molar-refractivity contribution in [2.45, 2.75) is 26.3 Å². The van der Waals surface area contributed by atoms with Gasteiger partial charge in [0, 0.05) is 24.1 Å². The lowest BCUT2D eigenvalue weighted by molar-refractivity contribution is -0.115. The van der Waals surface area contributed by atoms with E-state index >= 15 is 0 Å². The predicted molar refractivity (Wildman–Crippen MR) is 96.9 cm³/mol. The number of imidazole rings is 1. The number of fused-ring (bicyclic) bond motifs is 1. The predicted octanol–water partition coefficient (Wildman–Crippen LogP) is 3.60. The summed E-state index contributed by atoms with van der Waals surface area (Å²) in [5, 5.41) is 9.09. The van der Waals surface area contributed by atoms with E-state index in [4.69, 9.17) is 17.0 Å². The fourth-order valence-electron chi connectivity index (χ4n) is 3.05. The fraction of sp³-hybridized carbons (Fsp3) is 0.263. The topological polar surface area (TPSA) is 50.8 Å². The number of aromatic nitrogens is 2. The number of halogens is 1. The van der Waals surface area contributed by atoms with Crippen LogP contribution < -0.4 is 5.62 Å². The second-order valence-electron chi connectivity index (χ2n) is 5.87. The SMILES string of the molecule is CCc1cccc2c1n(C)c(=N)n2CC(=O)C1=CC=C(Cl)CC=C1. The number of hydrogen-bond donors (Lipinski definition) is 1. The van der Waals surface area contributed by atoms with Crippen LogP contribution in [0.5, 0.6) is 0 Å². The minimum atomic E-state index is -0.0261. The molecule has 0 spiro atoms. The summed E-state index contributed by atoms with van der Waals surface area (Å²) in [6.45, 7) is 2.24. The number of ketones is 1. The zero-order valence-corrected chi connectivity index (χ0v) is 14.6. The third-order valence-electron chi connectivity index (χ3n) is 4.36. The second-order valence-corrected chi connectivity index (χ2v) is 6.36. The number of nitrogens with one attached hydrogen (secondary N) is 1. The zero-order chi connectivity index (χ0) is 17.3. The molecule has 0 radical (unpaired) electrons. The molecule has 0 saturated heterocycles. The van der Waals surface area contributed by atoms with Gasteiger partial charge in [-0.1, -0.05) is 48.9 Å².